The average Bonchev–Trinajstić information content (AvgIpc) is 2.93. The molecule has 0 saturated carbocycles. The zero-order chi connectivity index (χ0) is 30.6. The number of ether oxygens (including phenoxy) is 2. The Bertz CT molecular complexity index is 1650. The number of nitrogens with zero attached hydrogens (tertiary/aromatic N) is 2. The molecule has 0 unspecified atom stereocenters. The Morgan fingerprint density at radius 3 is 2.55 bits per heavy atom. The molecule has 5 amide bonds. The zero-order valence-electron chi connectivity index (χ0n) is 22.7. The van der Waals surface area contributed by atoms with Gasteiger partial charge in [-0.2, -0.15) is 0 Å². The van der Waals surface area contributed by atoms with Gasteiger partial charge in [-0.15, -0.1) is 0 Å². The Labute approximate surface area is 245 Å². The van der Waals surface area contributed by atoms with Gasteiger partial charge in [-0.3, -0.25) is 29.8 Å². The van der Waals surface area contributed by atoms with E-state index in [1.54, 1.807) is 13.0 Å². The number of carbonyl (C=O) groups is 4. The zero-order valence-corrected chi connectivity index (χ0v) is 23.5. The molecule has 4 rings (SSSR count). The number of non-ortho nitro benzene ring substituents is 1. The van der Waals surface area contributed by atoms with Crippen molar-refractivity contribution in [2.24, 2.45) is 0 Å². The number of halogens is 1. The first-order valence-corrected chi connectivity index (χ1v) is 13.0. The molecule has 42 heavy (non-hydrogen) atoms. The molecule has 216 valence electrons. The number of imide groups is 2. The van der Waals surface area contributed by atoms with Crippen molar-refractivity contribution in [1.82, 2.24) is 5.32 Å². The quantitative estimate of drug-likeness (QED) is 0.153. The highest BCUT2D eigenvalue weighted by Gasteiger charge is 2.37. The van der Waals surface area contributed by atoms with Crippen molar-refractivity contribution in [2.45, 2.75) is 20.8 Å². The first-order valence-electron chi connectivity index (χ1n) is 12.6. The second kappa shape index (κ2) is 12.5. The summed E-state index contributed by atoms with van der Waals surface area (Å²) < 4.78 is 11.3. The van der Waals surface area contributed by atoms with E-state index in [9.17, 15) is 29.3 Å². The maximum Gasteiger partial charge on any atom is 0.335 e. The van der Waals surface area contributed by atoms with Crippen molar-refractivity contribution >= 4 is 58.5 Å². The fourth-order valence-electron chi connectivity index (χ4n) is 4.09. The number of carbonyl (C=O) groups excluding carboxylic acids is 4. The second-order valence-electron chi connectivity index (χ2n) is 9.08. The van der Waals surface area contributed by atoms with Crippen LogP contribution in [0.1, 0.15) is 23.6 Å². The molecule has 0 aromatic heterocycles. The minimum atomic E-state index is -1.06. The van der Waals surface area contributed by atoms with Crippen LogP contribution in [0.5, 0.6) is 11.5 Å². The van der Waals surface area contributed by atoms with Gasteiger partial charge < -0.3 is 14.8 Å². The predicted octanol–water partition coefficient (Wildman–Crippen LogP) is 4.95. The Kier molecular flexibility index (Phi) is 8.87. The third-order valence-corrected chi connectivity index (χ3v) is 6.55. The highest BCUT2D eigenvalue weighted by Crippen LogP contribution is 2.38. The summed E-state index contributed by atoms with van der Waals surface area (Å²) >= 11 is 6.47. The molecule has 0 bridgehead atoms. The van der Waals surface area contributed by atoms with Crippen LogP contribution in [0.2, 0.25) is 5.02 Å². The van der Waals surface area contributed by atoms with Crippen LogP contribution < -0.4 is 25.0 Å². The van der Waals surface area contributed by atoms with Gasteiger partial charge in [-0.25, -0.2) is 9.69 Å². The van der Waals surface area contributed by atoms with Crippen LogP contribution in [0.15, 0.2) is 60.2 Å². The summed E-state index contributed by atoms with van der Waals surface area (Å²) in [5.74, 6) is -2.17. The molecular weight excluding hydrogens is 568 g/mol. The third kappa shape index (κ3) is 6.39. The van der Waals surface area contributed by atoms with Gasteiger partial charge in [0.1, 0.15) is 5.57 Å². The first kappa shape index (κ1) is 29.7. The lowest BCUT2D eigenvalue weighted by atomic mass is 10.1. The lowest BCUT2D eigenvalue weighted by Gasteiger charge is -2.26. The van der Waals surface area contributed by atoms with Crippen LogP contribution in [-0.2, 0) is 14.4 Å². The Balaban J connectivity index is 1.60. The van der Waals surface area contributed by atoms with Crippen LogP contribution in [0, 0.1) is 24.0 Å². The number of benzene rings is 3. The number of nitro benzene ring substituents is 1. The van der Waals surface area contributed by atoms with E-state index in [4.69, 9.17) is 21.1 Å². The van der Waals surface area contributed by atoms with Crippen molar-refractivity contribution in [1.29, 1.82) is 0 Å². The van der Waals surface area contributed by atoms with E-state index in [1.807, 2.05) is 26.0 Å². The Hall–Kier alpha value is -5.23. The number of nitrogens with one attached hydrogen (secondary N) is 2. The Morgan fingerprint density at radius 1 is 1.10 bits per heavy atom. The standard InChI is InChI=1S/C29H25ClN4O8/c1-4-41-24-13-18(12-22(30)26(24)42-15-25(35)31-23-10-5-7-16(2)17(23)3)11-21-27(36)32-29(38)33(28(21)37)19-8-6-9-20(14-19)34(39)40/h5-14H,4,15H2,1-3H3,(H,31,35)(H,32,36,38)/b21-11-. The van der Waals surface area contributed by atoms with Gasteiger partial charge in [0, 0.05) is 17.8 Å². The summed E-state index contributed by atoms with van der Waals surface area (Å²) in [5, 5.41) is 16.1. The molecule has 0 radical (unpaired) electrons. The first-order chi connectivity index (χ1) is 20.0. The monoisotopic (exact) mass is 592 g/mol. The summed E-state index contributed by atoms with van der Waals surface area (Å²) in [7, 11) is 0. The van der Waals surface area contributed by atoms with Crippen molar-refractivity contribution in [2.75, 3.05) is 23.4 Å². The summed E-state index contributed by atoms with van der Waals surface area (Å²) in [5.41, 5.74) is 1.97. The van der Waals surface area contributed by atoms with Crippen LogP contribution in [0.3, 0.4) is 0 Å². The summed E-state index contributed by atoms with van der Waals surface area (Å²) in [4.78, 5) is 62.1. The lowest BCUT2D eigenvalue weighted by Crippen LogP contribution is -2.54. The van der Waals surface area contributed by atoms with Crippen molar-refractivity contribution in [3.8, 4) is 11.5 Å². The summed E-state index contributed by atoms with van der Waals surface area (Å²) in [6.07, 6.45) is 1.19. The molecule has 1 saturated heterocycles. The molecule has 3 aromatic rings. The van der Waals surface area contributed by atoms with Gasteiger partial charge in [0.25, 0.3) is 23.4 Å². The molecule has 1 fully saturated rings. The number of barbiturate groups is 1. The molecule has 0 atom stereocenters. The van der Waals surface area contributed by atoms with Crippen LogP contribution in [0.25, 0.3) is 6.08 Å². The van der Waals surface area contributed by atoms with Gasteiger partial charge in [-0.1, -0.05) is 29.8 Å². The normalized spacial score (nSPS) is 14.0. The van der Waals surface area contributed by atoms with E-state index in [0.29, 0.717) is 10.6 Å². The topological polar surface area (TPSA) is 157 Å². The van der Waals surface area contributed by atoms with Gasteiger partial charge in [0.15, 0.2) is 18.1 Å². The fraction of sp³-hybridized carbons (Fsp3) is 0.172. The molecule has 1 aliphatic heterocycles. The molecule has 13 heteroatoms. The molecular formula is C29H25ClN4O8. The van der Waals surface area contributed by atoms with Gasteiger partial charge >= 0.3 is 6.03 Å². The second-order valence-corrected chi connectivity index (χ2v) is 9.49. The molecule has 3 aromatic carbocycles. The molecule has 0 spiro atoms. The largest absolute Gasteiger partial charge is 0.490 e. The molecule has 0 aliphatic carbocycles. The maximum absolute atomic E-state index is 13.2. The van der Waals surface area contributed by atoms with E-state index < -0.39 is 34.2 Å². The van der Waals surface area contributed by atoms with Gasteiger partial charge in [0.05, 0.1) is 22.2 Å². The molecule has 1 heterocycles. The number of hydrogen-bond donors (Lipinski definition) is 2. The molecule has 1 aliphatic rings. The highest BCUT2D eigenvalue weighted by atomic mass is 35.5. The average molecular weight is 593 g/mol. The van der Waals surface area contributed by atoms with Crippen molar-refractivity contribution in [3.63, 3.8) is 0 Å². The summed E-state index contributed by atoms with van der Waals surface area (Å²) in [6.45, 7) is 5.36. The van der Waals surface area contributed by atoms with Crippen LogP contribution >= 0.6 is 11.6 Å². The SMILES string of the molecule is CCOc1cc(/C=C2/C(=O)NC(=O)N(c3cccc([N+](=O)[O-])c3)C2=O)cc(Cl)c1OCC(=O)Nc1cccc(C)c1C. The fourth-order valence-corrected chi connectivity index (χ4v) is 4.36. The van der Waals surface area contributed by atoms with Gasteiger partial charge in [0.2, 0.25) is 0 Å². The smallest absolute Gasteiger partial charge is 0.335 e. The predicted molar refractivity (Wildman–Crippen MR) is 155 cm³/mol. The van der Waals surface area contributed by atoms with Crippen molar-refractivity contribution < 1.29 is 33.6 Å². The van der Waals surface area contributed by atoms with E-state index >= 15 is 0 Å². The van der Waals surface area contributed by atoms with Crippen LogP contribution in [0.4, 0.5) is 21.9 Å². The number of rotatable bonds is 9. The number of amides is 5. The number of aryl methyl sites for hydroxylation is 1. The minimum Gasteiger partial charge on any atom is -0.490 e. The van der Waals surface area contributed by atoms with E-state index in [1.165, 1.54) is 36.4 Å². The van der Waals surface area contributed by atoms with Crippen LogP contribution in [-0.4, -0.2) is 41.9 Å². The Morgan fingerprint density at radius 2 is 1.83 bits per heavy atom. The summed E-state index contributed by atoms with van der Waals surface area (Å²) in [6, 6.07) is 12.2. The number of nitro groups is 1. The number of anilines is 2. The van der Waals surface area contributed by atoms with Gasteiger partial charge in [-0.05, 0) is 67.8 Å². The van der Waals surface area contributed by atoms with E-state index in [-0.39, 0.29) is 46.7 Å². The minimum absolute atomic E-state index is 0.0302. The maximum atomic E-state index is 13.2. The lowest BCUT2D eigenvalue weighted by molar-refractivity contribution is -0.384. The van der Waals surface area contributed by atoms with E-state index in [0.717, 1.165) is 17.2 Å². The highest BCUT2D eigenvalue weighted by molar-refractivity contribution is 6.39. The van der Waals surface area contributed by atoms with E-state index in [2.05, 4.69) is 10.6 Å². The number of urea groups is 1. The van der Waals surface area contributed by atoms with Crippen molar-refractivity contribution in [3.05, 3.63) is 92.0 Å². The molecule has 2 N–H and O–H groups in total. The molecule has 12 nitrogen and oxygen atoms in total. The number of hydrogen-bond acceptors (Lipinski definition) is 8. The third-order valence-electron chi connectivity index (χ3n) is 6.27.